The standard InChI is InChI=1S/C29H41N5O5S/c1-3-22-18-40-27(34-22)16-32-28(37)29(14-20-6-7-20)15-21-8-9-23(38-2)24(13-21)39-17-26(36)31-12-11-30-10-4-5-25(35)33-19-29/h8-9,13,18,20,30H,3-7,10-12,14-17,19H2,1-2H3,(H,31,36)(H,32,37)(H,33,35). The van der Waals surface area contributed by atoms with Crippen LogP contribution >= 0.6 is 11.3 Å². The van der Waals surface area contributed by atoms with Crippen LogP contribution in [0.15, 0.2) is 23.6 Å². The Morgan fingerprint density at radius 2 is 2.05 bits per heavy atom. The first kappa shape index (κ1) is 29.8. The summed E-state index contributed by atoms with van der Waals surface area (Å²) in [5, 5.41) is 15.2. The lowest BCUT2D eigenvalue weighted by molar-refractivity contribution is -0.132. The number of methoxy groups -OCH3 is 1. The number of carbonyl (C=O) groups is 3. The Kier molecular flexibility index (Phi) is 10.8. The second-order valence-electron chi connectivity index (χ2n) is 10.6. The van der Waals surface area contributed by atoms with Gasteiger partial charge in [-0.2, -0.15) is 0 Å². The summed E-state index contributed by atoms with van der Waals surface area (Å²) in [6.45, 7) is 4.22. The van der Waals surface area contributed by atoms with Crippen molar-refractivity contribution in [2.45, 2.75) is 58.4 Å². The van der Waals surface area contributed by atoms with Crippen LogP contribution in [0.5, 0.6) is 11.5 Å². The van der Waals surface area contributed by atoms with Crippen molar-refractivity contribution in [3.63, 3.8) is 0 Å². The number of carbonyl (C=O) groups excluding carboxylic acids is 3. The van der Waals surface area contributed by atoms with Gasteiger partial charge in [-0.25, -0.2) is 4.98 Å². The molecule has 1 unspecified atom stereocenters. The maximum Gasteiger partial charge on any atom is 0.257 e. The Balaban J connectivity index is 1.61. The third-order valence-corrected chi connectivity index (χ3v) is 8.25. The molecule has 40 heavy (non-hydrogen) atoms. The molecule has 1 aliphatic carbocycles. The fourth-order valence-electron chi connectivity index (χ4n) is 4.94. The summed E-state index contributed by atoms with van der Waals surface area (Å²) in [7, 11) is 1.55. The molecule has 218 valence electrons. The lowest BCUT2D eigenvalue weighted by atomic mass is 9.75. The van der Waals surface area contributed by atoms with Crippen LogP contribution in [0, 0.1) is 11.3 Å². The van der Waals surface area contributed by atoms with Crippen LogP contribution in [0.2, 0.25) is 0 Å². The number of hydrogen-bond donors (Lipinski definition) is 4. The number of amides is 3. The van der Waals surface area contributed by atoms with Gasteiger partial charge in [-0.15, -0.1) is 11.3 Å². The number of rotatable bonds is 7. The maximum atomic E-state index is 14.0. The second kappa shape index (κ2) is 14.5. The molecule has 11 heteroatoms. The zero-order chi connectivity index (χ0) is 28.4. The molecule has 1 aromatic carbocycles. The highest BCUT2D eigenvalue weighted by atomic mass is 32.1. The van der Waals surface area contributed by atoms with E-state index in [1.54, 1.807) is 24.5 Å². The number of thiazole rings is 1. The average Bonchev–Trinajstić information content (AvgIpc) is 3.65. The zero-order valence-corrected chi connectivity index (χ0v) is 24.3. The highest BCUT2D eigenvalue weighted by Gasteiger charge is 2.43. The quantitative estimate of drug-likeness (QED) is 0.401. The number of nitrogens with zero attached hydrogens (tertiary/aromatic N) is 1. The van der Waals surface area contributed by atoms with Crippen LogP contribution < -0.4 is 30.7 Å². The largest absolute Gasteiger partial charge is 0.493 e. The predicted octanol–water partition coefficient (Wildman–Crippen LogP) is 2.35. The number of hydrogen-bond acceptors (Lipinski definition) is 8. The summed E-state index contributed by atoms with van der Waals surface area (Å²) >= 11 is 1.54. The van der Waals surface area contributed by atoms with Crippen molar-refractivity contribution < 1.29 is 23.9 Å². The summed E-state index contributed by atoms with van der Waals surface area (Å²) in [6, 6.07) is 5.55. The van der Waals surface area contributed by atoms with Crippen LogP contribution in [0.3, 0.4) is 0 Å². The van der Waals surface area contributed by atoms with Gasteiger partial charge >= 0.3 is 0 Å². The van der Waals surface area contributed by atoms with E-state index in [1.165, 1.54) is 0 Å². The first-order valence-corrected chi connectivity index (χ1v) is 15.0. The molecule has 4 rings (SSSR count). The second-order valence-corrected chi connectivity index (χ2v) is 11.6. The highest BCUT2D eigenvalue weighted by Crippen LogP contribution is 2.43. The molecule has 0 radical (unpaired) electrons. The monoisotopic (exact) mass is 571 g/mol. The molecule has 1 fully saturated rings. The number of benzene rings is 1. The van der Waals surface area contributed by atoms with Crippen molar-refractivity contribution in [1.82, 2.24) is 26.3 Å². The average molecular weight is 572 g/mol. The molecule has 2 bridgehead atoms. The molecule has 10 nitrogen and oxygen atoms in total. The van der Waals surface area contributed by atoms with Gasteiger partial charge in [0.2, 0.25) is 11.8 Å². The molecular formula is C29H41N5O5S. The number of nitrogens with one attached hydrogen (secondary N) is 4. The molecule has 1 saturated carbocycles. The van der Waals surface area contributed by atoms with Crippen LogP contribution in [0.25, 0.3) is 0 Å². The van der Waals surface area contributed by atoms with Crippen molar-refractivity contribution in [3.05, 3.63) is 39.8 Å². The van der Waals surface area contributed by atoms with Crippen molar-refractivity contribution in [3.8, 4) is 11.5 Å². The summed E-state index contributed by atoms with van der Waals surface area (Å²) in [6.07, 6.45) is 5.10. The van der Waals surface area contributed by atoms with E-state index in [2.05, 4.69) is 33.2 Å². The van der Waals surface area contributed by atoms with Gasteiger partial charge in [-0.05, 0) is 55.8 Å². The van der Waals surface area contributed by atoms with Crippen LogP contribution in [-0.2, 0) is 33.8 Å². The third kappa shape index (κ3) is 8.66. The van der Waals surface area contributed by atoms with Crippen molar-refractivity contribution in [1.29, 1.82) is 0 Å². The number of aryl methyl sites for hydroxylation is 1. The summed E-state index contributed by atoms with van der Waals surface area (Å²) in [4.78, 5) is 43.8. The van der Waals surface area contributed by atoms with Crippen LogP contribution in [0.1, 0.15) is 55.3 Å². The van der Waals surface area contributed by atoms with Crippen molar-refractivity contribution >= 4 is 29.1 Å². The highest BCUT2D eigenvalue weighted by molar-refractivity contribution is 7.09. The van der Waals surface area contributed by atoms with Gasteiger partial charge in [-0.1, -0.05) is 25.8 Å². The Labute approximate surface area is 240 Å². The van der Waals surface area contributed by atoms with Gasteiger partial charge < -0.3 is 30.7 Å². The van der Waals surface area contributed by atoms with E-state index < -0.39 is 5.41 Å². The van der Waals surface area contributed by atoms with Gasteiger partial charge in [-0.3, -0.25) is 14.4 Å². The van der Waals surface area contributed by atoms with E-state index in [0.29, 0.717) is 69.3 Å². The van der Waals surface area contributed by atoms with Gasteiger partial charge in [0.25, 0.3) is 5.91 Å². The molecule has 1 aliphatic heterocycles. The van der Waals surface area contributed by atoms with Gasteiger partial charge in [0.05, 0.1) is 24.8 Å². The topological polar surface area (TPSA) is 131 Å². The Hall–Kier alpha value is -3.18. The van der Waals surface area contributed by atoms with E-state index >= 15 is 0 Å². The molecule has 3 amide bonds. The first-order valence-electron chi connectivity index (χ1n) is 14.2. The molecule has 2 aliphatic rings. The first-order chi connectivity index (χ1) is 19.4. The molecule has 1 aromatic heterocycles. The van der Waals surface area contributed by atoms with E-state index in [0.717, 1.165) is 35.5 Å². The molecular weight excluding hydrogens is 530 g/mol. The number of fused-ring (bicyclic) bond motifs is 2. The summed E-state index contributed by atoms with van der Waals surface area (Å²) in [5.41, 5.74) is 1.03. The minimum atomic E-state index is -0.853. The Morgan fingerprint density at radius 3 is 2.80 bits per heavy atom. The van der Waals surface area contributed by atoms with E-state index in [9.17, 15) is 14.4 Å². The zero-order valence-electron chi connectivity index (χ0n) is 23.5. The molecule has 0 spiro atoms. The number of aromatic nitrogens is 1. The normalized spacial score (nSPS) is 21.2. The SMILES string of the molecule is CCc1csc(CNC(=O)C2(CC3CC3)CNC(=O)CCCNCCNC(=O)COc3cc(ccc3OC)C2)n1. The molecule has 0 saturated heterocycles. The van der Waals surface area contributed by atoms with Crippen molar-refractivity contribution in [2.75, 3.05) is 39.9 Å². The predicted molar refractivity (Wildman–Crippen MR) is 153 cm³/mol. The van der Waals surface area contributed by atoms with Gasteiger partial charge in [0, 0.05) is 31.4 Å². The molecule has 1 atom stereocenters. The minimum absolute atomic E-state index is 0.0737. The Morgan fingerprint density at radius 1 is 1.20 bits per heavy atom. The smallest absolute Gasteiger partial charge is 0.257 e. The van der Waals surface area contributed by atoms with E-state index in [4.69, 9.17) is 9.47 Å². The van der Waals surface area contributed by atoms with Gasteiger partial charge in [0.1, 0.15) is 5.01 Å². The fraction of sp³-hybridized carbons (Fsp3) is 0.586. The van der Waals surface area contributed by atoms with Crippen LogP contribution in [0.4, 0.5) is 0 Å². The maximum absolute atomic E-state index is 14.0. The van der Waals surface area contributed by atoms with E-state index in [1.807, 2.05) is 17.5 Å². The molecule has 2 aromatic rings. The lowest BCUT2D eigenvalue weighted by Crippen LogP contribution is -2.50. The Bertz CT molecular complexity index is 1170. The van der Waals surface area contributed by atoms with Gasteiger partial charge in [0.15, 0.2) is 18.1 Å². The molecule has 4 N–H and O–H groups in total. The number of ether oxygens (including phenoxy) is 2. The van der Waals surface area contributed by atoms with Crippen molar-refractivity contribution in [2.24, 2.45) is 11.3 Å². The summed E-state index contributed by atoms with van der Waals surface area (Å²) in [5.74, 6) is 0.986. The third-order valence-electron chi connectivity index (χ3n) is 7.35. The van der Waals surface area contributed by atoms with E-state index in [-0.39, 0.29) is 30.9 Å². The minimum Gasteiger partial charge on any atom is -0.493 e. The fourth-order valence-corrected chi connectivity index (χ4v) is 5.76. The summed E-state index contributed by atoms with van der Waals surface area (Å²) < 4.78 is 11.3. The molecule has 2 heterocycles. The lowest BCUT2D eigenvalue weighted by Gasteiger charge is -2.33. The van der Waals surface area contributed by atoms with Crippen LogP contribution in [-0.4, -0.2) is 62.6 Å².